The minimum Gasteiger partial charge on any atom is -0.508 e. The fraction of sp³-hybridized carbons (Fsp3) is 0.700. The molecule has 12 aliphatic rings. The number of aliphatic imine (C=N–C) groups is 1. The maximum atomic E-state index is 12.9. The Bertz CT molecular complexity index is 2860. The topological polar surface area (TPSA) is 201 Å². The molecule has 454 valence electrons. The normalized spacial score (nSPS) is 35.9. The molecule has 4 spiro atoms. The van der Waals surface area contributed by atoms with Crippen LogP contribution in [0.2, 0.25) is 0 Å². The summed E-state index contributed by atoms with van der Waals surface area (Å²) in [5.74, 6) is 4.05. The number of aromatic hydroxyl groups is 2. The van der Waals surface area contributed by atoms with E-state index in [1.165, 1.54) is 12.8 Å². The van der Waals surface area contributed by atoms with Gasteiger partial charge in [-0.2, -0.15) is 0 Å². The number of guanidine groups is 1. The van der Waals surface area contributed by atoms with Gasteiger partial charge in [0.15, 0.2) is 17.5 Å². The zero-order valence-corrected chi connectivity index (χ0v) is 50.7. The zero-order valence-electron chi connectivity index (χ0n) is 50.7. The van der Waals surface area contributed by atoms with E-state index in [4.69, 9.17) is 29.7 Å². The lowest BCUT2D eigenvalue weighted by Crippen LogP contribution is -2.55. The van der Waals surface area contributed by atoms with Gasteiger partial charge in [-0.15, -0.1) is 0 Å². The first-order valence-electron chi connectivity index (χ1n) is 32.8. The molecule has 1 saturated heterocycles. The molecule has 6 heterocycles. The molecule has 0 radical (unpaired) electrons. The van der Waals surface area contributed by atoms with Crippen LogP contribution in [0, 0.1) is 57.7 Å². The van der Waals surface area contributed by atoms with E-state index in [0.29, 0.717) is 97.5 Å². The van der Waals surface area contributed by atoms with Gasteiger partial charge < -0.3 is 60.8 Å². The quantitative estimate of drug-likeness (QED) is 0.104. The molecule has 3 aromatic rings. The highest BCUT2D eigenvalue weighted by molar-refractivity contribution is 5.84. The second-order valence-electron chi connectivity index (χ2n) is 28.7. The van der Waals surface area contributed by atoms with Crippen molar-refractivity contribution >= 4 is 5.96 Å². The summed E-state index contributed by atoms with van der Waals surface area (Å²) in [5.41, 5.74) is 13.5. The van der Waals surface area contributed by atoms with Crippen LogP contribution in [0.25, 0.3) is 11.1 Å². The summed E-state index contributed by atoms with van der Waals surface area (Å²) in [5, 5.41) is 67.2. The first kappa shape index (κ1) is 58.8. The van der Waals surface area contributed by atoms with Gasteiger partial charge in [0.2, 0.25) is 0 Å². The largest absolute Gasteiger partial charge is 0.508 e. The Balaban J connectivity index is 0.953. The number of nitrogens with one attached hydrogen (secondary N) is 2. The highest BCUT2D eigenvalue weighted by atomic mass is 16.5. The molecule has 0 aromatic heterocycles. The van der Waals surface area contributed by atoms with E-state index >= 15 is 0 Å². The Labute approximate surface area is 495 Å². The van der Waals surface area contributed by atoms with Crippen molar-refractivity contribution in [1.29, 1.82) is 0 Å². The number of methoxy groups -OCH3 is 1. The molecule has 14 unspecified atom stereocenters. The van der Waals surface area contributed by atoms with Crippen LogP contribution in [-0.2, 0) is 24.0 Å². The molecule has 6 aliphatic carbocycles. The predicted octanol–water partition coefficient (Wildman–Crippen LogP) is 11.8. The van der Waals surface area contributed by atoms with Gasteiger partial charge in [0.05, 0.1) is 24.9 Å². The van der Waals surface area contributed by atoms with Gasteiger partial charge in [-0.3, -0.25) is 4.99 Å². The molecule has 14 atom stereocenters. The van der Waals surface area contributed by atoms with E-state index in [0.717, 1.165) is 149 Å². The number of rotatable bonds is 7. The van der Waals surface area contributed by atoms with Crippen molar-refractivity contribution in [3.8, 4) is 39.9 Å². The molecule has 13 nitrogen and oxygen atoms in total. The molecule has 9 N–H and O–H groups in total. The Hall–Kier alpha value is -4.53. The summed E-state index contributed by atoms with van der Waals surface area (Å²) < 4.78 is 27.5. The molecule has 4 saturated carbocycles. The third-order valence-electron chi connectivity index (χ3n) is 23.6. The minimum atomic E-state index is -0.918. The van der Waals surface area contributed by atoms with Crippen LogP contribution in [0.4, 0.5) is 0 Å². The number of phenolic OH excluding ortho intramolecular Hbond substituents is 2. The number of phenols is 2. The lowest BCUT2D eigenvalue weighted by Gasteiger charge is -2.56. The number of nitrogens with zero attached hydrogens (tertiary/aromatic N) is 1. The van der Waals surface area contributed by atoms with Gasteiger partial charge in [-0.05, 0) is 232 Å². The summed E-state index contributed by atoms with van der Waals surface area (Å²) in [6.07, 6.45) is 24.1. The Kier molecular flexibility index (Phi) is 17.0. The molecular weight excluding hydrogens is 1040 g/mol. The Morgan fingerprint density at radius 3 is 2.46 bits per heavy atom. The van der Waals surface area contributed by atoms with Gasteiger partial charge in [-0.25, -0.2) is 0 Å². The van der Waals surface area contributed by atoms with Crippen molar-refractivity contribution in [2.45, 2.75) is 204 Å². The lowest BCUT2D eigenvalue weighted by molar-refractivity contribution is -0.179. The smallest absolute Gasteiger partial charge is 0.188 e. The van der Waals surface area contributed by atoms with Gasteiger partial charge >= 0.3 is 0 Å². The summed E-state index contributed by atoms with van der Waals surface area (Å²) in [7, 11) is 3.80. The first-order valence-corrected chi connectivity index (χ1v) is 32.8. The molecule has 6 aliphatic heterocycles. The number of aliphatic hydroxyl groups is 3. The van der Waals surface area contributed by atoms with E-state index < -0.39 is 18.3 Å². The van der Waals surface area contributed by atoms with Crippen LogP contribution >= 0.6 is 0 Å². The number of hydrogen-bond acceptors (Lipinski definition) is 13. The SMILES string of the molecule is CCC1CC2C=CC1CC(O)CC1(CCCC13CCOC1(CCCC(CNC)C1)C3)CN=C(N)NCCC1C(CCC3(CCCC3)C1CO)Oc1cc(ccc1O)C1Oc3cc(OC)c4c(c3CC1O)C2Cc1cc(O)c(CC(C)C)cc1-4. The number of nitrogens with two attached hydrogens (primary N) is 1. The zero-order chi connectivity index (χ0) is 57.8. The molecule has 15 rings (SSSR count). The van der Waals surface area contributed by atoms with E-state index in [1.807, 2.05) is 24.3 Å². The van der Waals surface area contributed by atoms with E-state index in [2.05, 4.69) is 56.7 Å². The van der Waals surface area contributed by atoms with E-state index in [1.54, 1.807) is 13.2 Å². The standard InChI is InChI=1S/C70H100N4O9/c1-6-44-28-46-13-12-45(44)29-50(76)37-69(21-10-20-68(69)24-26-81-70(40-68)22-9-11-43(36-70)38-72-4)41-74-66(71)73-25-17-51-55(39-75)67(18-7-8-19-67)23-16-59(51)82-61-33-47(14-15-56(61)77)65-58(79)34-54-60(83-65)35-62(80-5)64-53-31-49(27-42(2)3)57(78)32-48(53)30-52(46)63(54)64/h12-15,31-33,35,42-46,50-52,55,58-59,65,72,75-79H,6-11,16-30,34,36-41H2,1-5H3,(H3,71,73,74). The molecule has 83 heavy (non-hydrogen) atoms. The molecule has 13 heteroatoms. The number of aliphatic hydroxyl groups excluding tert-OH is 3. The first-order chi connectivity index (χ1) is 40.1. The number of benzene rings is 3. The molecule has 8 bridgehead atoms. The van der Waals surface area contributed by atoms with Crippen LogP contribution in [0.1, 0.15) is 189 Å². The van der Waals surface area contributed by atoms with Gasteiger partial charge in [-0.1, -0.05) is 71.1 Å². The van der Waals surface area contributed by atoms with Crippen LogP contribution in [0.15, 0.2) is 53.5 Å². The predicted molar refractivity (Wildman–Crippen MR) is 326 cm³/mol. The van der Waals surface area contributed by atoms with Crippen molar-refractivity contribution in [3.63, 3.8) is 0 Å². The summed E-state index contributed by atoms with van der Waals surface area (Å²) in [4.78, 5) is 5.35. The number of hydrogen-bond donors (Lipinski definition) is 8. The Morgan fingerprint density at radius 1 is 0.855 bits per heavy atom. The lowest BCUT2D eigenvalue weighted by atomic mass is 9.54. The van der Waals surface area contributed by atoms with Crippen molar-refractivity contribution in [2.75, 3.05) is 47.0 Å². The van der Waals surface area contributed by atoms with Crippen molar-refractivity contribution in [1.82, 2.24) is 10.6 Å². The van der Waals surface area contributed by atoms with Crippen LogP contribution in [-0.4, -0.2) is 102 Å². The molecular formula is C70H100N4O9. The second-order valence-corrected chi connectivity index (χ2v) is 28.7. The van der Waals surface area contributed by atoms with E-state index in [-0.39, 0.29) is 69.9 Å². The maximum Gasteiger partial charge on any atom is 0.188 e. The Morgan fingerprint density at radius 2 is 1.67 bits per heavy atom. The maximum absolute atomic E-state index is 12.9. The highest BCUT2D eigenvalue weighted by Crippen LogP contribution is 2.65. The number of allylic oxidation sites excluding steroid dienone is 2. The number of fused-ring (bicyclic) bond motifs is 2. The average Bonchev–Trinajstić information content (AvgIpc) is 3.79. The molecule has 3 aromatic carbocycles. The fourth-order valence-corrected chi connectivity index (χ4v) is 19.7. The summed E-state index contributed by atoms with van der Waals surface area (Å²) in [6.45, 7) is 9.58. The van der Waals surface area contributed by atoms with Crippen molar-refractivity contribution in [3.05, 3.63) is 76.4 Å². The highest BCUT2D eigenvalue weighted by Gasteiger charge is 2.60. The fourth-order valence-electron chi connectivity index (χ4n) is 19.7. The average molecular weight is 1140 g/mol. The third kappa shape index (κ3) is 11.1. The van der Waals surface area contributed by atoms with Crippen molar-refractivity contribution < 1.29 is 44.5 Å². The third-order valence-corrected chi connectivity index (χ3v) is 23.6. The summed E-state index contributed by atoms with van der Waals surface area (Å²) in [6, 6.07) is 11.5. The number of ether oxygens (including phenoxy) is 4. The van der Waals surface area contributed by atoms with Crippen LogP contribution in [0.3, 0.4) is 0 Å². The van der Waals surface area contributed by atoms with Crippen LogP contribution < -0.4 is 30.6 Å². The van der Waals surface area contributed by atoms with E-state index in [9.17, 15) is 25.5 Å². The van der Waals surface area contributed by atoms with Gasteiger partial charge in [0.1, 0.15) is 29.5 Å². The second kappa shape index (κ2) is 24.0. The van der Waals surface area contributed by atoms with Crippen LogP contribution in [0.5, 0.6) is 28.7 Å². The molecule has 5 fully saturated rings. The minimum absolute atomic E-state index is 0.00565. The summed E-state index contributed by atoms with van der Waals surface area (Å²) >= 11 is 0. The van der Waals surface area contributed by atoms with Crippen molar-refractivity contribution in [2.24, 2.45) is 68.4 Å². The van der Waals surface area contributed by atoms with Gasteiger partial charge in [0, 0.05) is 55.8 Å². The van der Waals surface area contributed by atoms with Gasteiger partial charge in [0.25, 0.3) is 0 Å². The monoisotopic (exact) mass is 1140 g/mol. The molecule has 0 amide bonds.